The van der Waals surface area contributed by atoms with Crippen molar-refractivity contribution < 1.29 is 14.1 Å². The van der Waals surface area contributed by atoms with Gasteiger partial charge in [-0.25, -0.2) is 0 Å². The first-order chi connectivity index (χ1) is 11.1. The van der Waals surface area contributed by atoms with Crippen molar-refractivity contribution in [3.8, 4) is 17.1 Å². The van der Waals surface area contributed by atoms with E-state index in [0.29, 0.717) is 5.76 Å². The number of benzene rings is 1. The molecule has 0 spiro atoms. The summed E-state index contributed by atoms with van der Waals surface area (Å²) in [6.45, 7) is 3.91. The second-order valence-electron chi connectivity index (χ2n) is 4.96. The predicted molar refractivity (Wildman–Crippen MR) is 79.8 cm³/mol. The molecule has 0 saturated heterocycles. The zero-order valence-corrected chi connectivity index (χ0v) is 12.5. The zero-order chi connectivity index (χ0) is 16.2. The minimum absolute atomic E-state index is 0.0646. The van der Waals surface area contributed by atoms with Crippen molar-refractivity contribution in [1.29, 1.82) is 0 Å². The van der Waals surface area contributed by atoms with Crippen LogP contribution in [-0.4, -0.2) is 37.8 Å². The van der Waals surface area contributed by atoms with Crippen molar-refractivity contribution >= 4 is 11.9 Å². The number of amides is 1. The Hall–Kier alpha value is -3.23. The number of tetrazole rings is 1. The van der Waals surface area contributed by atoms with Crippen LogP contribution in [0.25, 0.3) is 11.3 Å². The highest BCUT2D eigenvalue weighted by molar-refractivity contribution is 6.02. The molecule has 1 amide bonds. The van der Waals surface area contributed by atoms with Crippen LogP contribution in [-0.2, 0) is 0 Å². The van der Waals surface area contributed by atoms with Gasteiger partial charge in [-0.1, -0.05) is 10.3 Å². The number of anilines is 1. The lowest BCUT2D eigenvalue weighted by molar-refractivity contribution is 0.101. The number of carbonyl (C=O) groups is 1. The molecule has 9 nitrogen and oxygen atoms in total. The Morgan fingerprint density at radius 3 is 2.74 bits per heavy atom. The molecule has 0 aliphatic rings. The molecule has 118 valence electrons. The van der Waals surface area contributed by atoms with E-state index in [4.69, 9.17) is 9.26 Å². The number of H-pyrrole nitrogens is 1. The number of nitrogens with one attached hydrogen (secondary N) is 2. The van der Waals surface area contributed by atoms with Crippen LogP contribution in [0.4, 0.5) is 5.95 Å². The second-order valence-corrected chi connectivity index (χ2v) is 4.96. The number of hydrogen-bond acceptors (Lipinski definition) is 7. The van der Waals surface area contributed by atoms with E-state index >= 15 is 0 Å². The number of hydrogen-bond donors (Lipinski definition) is 2. The summed E-state index contributed by atoms with van der Waals surface area (Å²) in [5.74, 6) is 0.814. The molecule has 2 heterocycles. The van der Waals surface area contributed by atoms with Gasteiger partial charge in [0.05, 0.1) is 6.10 Å². The van der Waals surface area contributed by atoms with Gasteiger partial charge >= 0.3 is 0 Å². The lowest BCUT2D eigenvalue weighted by Crippen LogP contribution is -2.13. The summed E-state index contributed by atoms with van der Waals surface area (Å²) in [6, 6.07) is 8.86. The van der Waals surface area contributed by atoms with Crippen LogP contribution in [0.1, 0.15) is 24.3 Å². The first-order valence-electron chi connectivity index (χ1n) is 6.90. The molecule has 0 radical (unpaired) electrons. The van der Waals surface area contributed by atoms with Crippen molar-refractivity contribution in [1.82, 2.24) is 25.8 Å². The van der Waals surface area contributed by atoms with Crippen LogP contribution >= 0.6 is 0 Å². The normalized spacial score (nSPS) is 10.7. The van der Waals surface area contributed by atoms with Crippen LogP contribution < -0.4 is 10.1 Å². The van der Waals surface area contributed by atoms with Gasteiger partial charge in [-0.3, -0.25) is 10.1 Å². The predicted octanol–water partition coefficient (Wildman–Crippen LogP) is 1.89. The molecule has 3 aromatic rings. The van der Waals surface area contributed by atoms with Crippen LogP contribution in [0.3, 0.4) is 0 Å². The molecule has 0 atom stereocenters. The standard InChI is InChI=1S/C14H14N6O3/c1-8(2)22-10-5-3-9(4-6-10)12-7-11(18-23-12)13(21)15-14-16-19-20-17-14/h3-8H,1-2H3,(H2,15,16,17,19,20,21). The monoisotopic (exact) mass is 314 g/mol. The maximum atomic E-state index is 12.0. The van der Waals surface area contributed by atoms with Gasteiger partial charge in [0, 0.05) is 11.6 Å². The second kappa shape index (κ2) is 6.26. The van der Waals surface area contributed by atoms with E-state index in [-0.39, 0.29) is 17.7 Å². The van der Waals surface area contributed by atoms with Crippen molar-refractivity contribution in [3.05, 3.63) is 36.0 Å². The fraction of sp³-hybridized carbons (Fsp3) is 0.214. The number of ether oxygens (including phenoxy) is 1. The highest BCUT2D eigenvalue weighted by atomic mass is 16.5. The molecule has 0 saturated carbocycles. The molecule has 1 aromatic carbocycles. The van der Waals surface area contributed by atoms with Gasteiger partial charge in [-0.15, -0.1) is 5.10 Å². The minimum atomic E-state index is -0.485. The van der Waals surface area contributed by atoms with Gasteiger partial charge in [0.25, 0.3) is 11.9 Å². The Balaban J connectivity index is 1.72. The lowest BCUT2D eigenvalue weighted by Gasteiger charge is -2.09. The third-order valence-electron chi connectivity index (χ3n) is 2.82. The van der Waals surface area contributed by atoms with Crippen molar-refractivity contribution in [2.75, 3.05) is 5.32 Å². The fourth-order valence-corrected chi connectivity index (χ4v) is 1.87. The summed E-state index contributed by atoms with van der Waals surface area (Å²) in [7, 11) is 0. The molecule has 0 aliphatic heterocycles. The van der Waals surface area contributed by atoms with Crippen molar-refractivity contribution in [2.45, 2.75) is 20.0 Å². The molecule has 0 aliphatic carbocycles. The molecular formula is C14H14N6O3. The number of rotatable bonds is 5. The van der Waals surface area contributed by atoms with Gasteiger partial charge in [-0.05, 0) is 43.3 Å². The summed E-state index contributed by atoms with van der Waals surface area (Å²) in [5, 5.41) is 19.0. The maximum absolute atomic E-state index is 12.0. The van der Waals surface area contributed by atoms with E-state index in [2.05, 4.69) is 31.1 Å². The minimum Gasteiger partial charge on any atom is -0.491 e. The van der Waals surface area contributed by atoms with Crippen LogP contribution in [0.15, 0.2) is 34.9 Å². The van der Waals surface area contributed by atoms with Gasteiger partial charge in [0.2, 0.25) is 0 Å². The third-order valence-corrected chi connectivity index (χ3v) is 2.82. The Bertz CT molecular complexity index is 779. The molecule has 0 fully saturated rings. The molecule has 0 unspecified atom stereocenters. The number of nitrogens with zero attached hydrogens (tertiary/aromatic N) is 4. The van der Waals surface area contributed by atoms with Crippen LogP contribution in [0, 0.1) is 0 Å². The first-order valence-corrected chi connectivity index (χ1v) is 6.90. The van der Waals surface area contributed by atoms with Crippen LogP contribution in [0.2, 0.25) is 0 Å². The molecule has 3 rings (SSSR count). The summed E-state index contributed by atoms with van der Waals surface area (Å²) in [6.07, 6.45) is 0.103. The van der Waals surface area contributed by atoms with Crippen molar-refractivity contribution in [2.24, 2.45) is 0 Å². The van der Waals surface area contributed by atoms with Gasteiger partial charge in [0.1, 0.15) is 5.75 Å². The molecule has 0 bridgehead atoms. The van der Waals surface area contributed by atoms with E-state index < -0.39 is 5.91 Å². The van der Waals surface area contributed by atoms with E-state index in [1.54, 1.807) is 0 Å². The van der Waals surface area contributed by atoms with Gasteiger partial charge in [-0.2, -0.15) is 5.21 Å². The average molecular weight is 314 g/mol. The molecular weight excluding hydrogens is 300 g/mol. The Labute approximate surface area is 131 Å². The summed E-state index contributed by atoms with van der Waals surface area (Å²) >= 11 is 0. The smallest absolute Gasteiger partial charge is 0.280 e. The fourth-order valence-electron chi connectivity index (χ4n) is 1.87. The van der Waals surface area contributed by atoms with Crippen LogP contribution in [0.5, 0.6) is 5.75 Å². The zero-order valence-electron chi connectivity index (χ0n) is 12.5. The lowest BCUT2D eigenvalue weighted by atomic mass is 10.1. The van der Waals surface area contributed by atoms with E-state index in [9.17, 15) is 4.79 Å². The first kappa shape index (κ1) is 14.7. The largest absolute Gasteiger partial charge is 0.491 e. The molecule has 2 aromatic heterocycles. The highest BCUT2D eigenvalue weighted by Gasteiger charge is 2.15. The maximum Gasteiger partial charge on any atom is 0.280 e. The van der Waals surface area contributed by atoms with Gasteiger partial charge < -0.3 is 9.26 Å². The van der Waals surface area contributed by atoms with E-state index in [0.717, 1.165) is 11.3 Å². The Morgan fingerprint density at radius 1 is 1.30 bits per heavy atom. The third kappa shape index (κ3) is 3.51. The molecule has 2 N–H and O–H groups in total. The van der Waals surface area contributed by atoms with Crippen molar-refractivity contribution in [3.63, 3.8) is 0 Å². The average Bonchev–Trinajstić information content (AvgIpc) is 3.18. The summed E-state index contributed by atoms with van der Waals surface area (Å²) < 4.78 is 10.8. The summed E-state index contributed by atoms with van der Waals surface area (Å²) in [4.78, 5) is 12.0. The quantitative estimate of drug-likeness (QED) is 0.738. The summed E-state index contributed by atoms with van der Waals surface area (Å²) in [5.41, 5.74) is 0.902. The SMILES string of the molecule is CC(C)Oc1ccc(-c2cc(C(=O)Nc3nn[nH]n3)no2)cc1. The van der Waals surface area contributed by atoms with Gasteiger partial charge in [0.15, 0.2) is 11.5 Å². The number of aromatic nitrogens is 5. The van der Waals surface area contributed by atoms with E-state index in [1.165, 1.54) is 6.07 Å². The van der Waals surface area contributed by atoms with E-state index in [1.807, 2.05) is 38.1 Å². The Kier molecular flexibility index (Phi) is 4.00. The molecule has 9 heteroatoms. The highest BCUT2D eigenvalue weighted by Crippen LogP contribution is 2.23. The number of aromatic amines is 1. The molecule has 23 heavy (non-hydrogen) atoms. The number of carbonyl (C=O) groups excluding carboxylic acids is 1. The topological polar surface area (TPSA) is 119 Å². The Morgan fingerprint density at radius 2 is 2.09 bits per heavy atom.